The van der Waals surface area contributed by atoms with Gasteiger partial charge in [0.15, 0.2) is 0 Å². The molecule has 3 aliphatic rings. The minimum atomic E-state index is 0.710. The van der Waals surface area contributed by atoms with E-state index in [0.717, 1.165) is 5.92 Å². The molecular formula is C16H31N3. The summed E-state index contributed by atoms with van der Waals surface area (Å²) in [6.07, 6.45) is 5.62. The summed E-state index contributed by atoms with van der Waals surface area (Å²) in [5, 5.41) is 0. The third kappa shape index (κ3) is 3.14. The van der Waals surface area contributed by atoms with Crippen LogP contribution in [0.3, 0.4) is 0 Å². The van der Waals surface area contributed by atoms with E-state index in [1.165, 1.54) is 78.2 Å². The molecule has 3 rings (SSSR count). The quantitative estimate of drug-likeness (QED) is 0.653. The van der Waals surface area contributed by atoms with Crippen LogP contribution in [0.2, 0.25) is 0 Å². The Bertz CT molecular complexity index is 284. The van der Waals surface area contributed by atoms with Crippen molar-refractivity contribution in [2.24, 2.45) is 11.3 Å². The highest BCUT2D eigenvalue weighted by Gasteiger charge is 2.51. The first-order chi connectivity index (χ1) is 9.19. The summed E-state index contributed by atoms with van der Waals surface area (Å²) in [4.78, 5) is 7.93. The van der Waals surface area contributed by atoms with Crippen LogP contribution in [0.1, 0.15) is 39.5 Å². The molecule has 0 aromatic heterocycles. The Morgan fingerprint density at radius 1 is 0.895 bits per heavy atom. The maximum absolute atomic E-state index is 2.68. The smallest absolute Gasteiger partial charge is 0.0506 e. The summed E-state index contributed by atoms with van der Waals surface area (Å²) in [6.45, 7) is 15.4. The summed E-state index contributed by atoms with van der Waals surface area (Å²) >= 11 is 0. The first-order valence-corrected chi connectivity index (χ1v) is 8.36. The van der Waals surface area contributed by atoms with Gasteiger partial charge in [0.1, 0.15) is 0 Å². The van der Waals surface area contributed by atoms with Gasteiger partial charge in [-0.3, -0.25) is 9.80 Å². The predicted octanol–water partition coefficient (Wildman–Crippen LogP) is 2.09. The second-order valence-corrected chi connectivity index (χ2v) is 7.54. The van der Waals surface area contributed by atoms with Crippen molar-refractivity contribution in [3.63, 3.8) is 0 Å². The molecule has 3 nitrogen and oxygen atoms in total. The van der Waals surface area contributed by atoms with Gasteiger partial charge in [0.2, 0.25) is 0 Å². The zero-order chi connectivity index (χ0) is 13.3. The van der Waals surface area contributed by atoms with Gasteiger partial charge in [0.25, 0.3) is 0 Å². The fraction of sp³-hybridized carbons (Fsp3) is 1.00. The lowest BCUT2D eigenvalue weighted by Crippen LogP contribution is -2.73. The second kappa shape index (κ2) is 5.71. The van der Waals surface area contributed by atoms with Crippen LogP contribution in [0.25, 0.3) is 0 Å². The van der Waals surface area contributed by atoms with E-state index >= 15 is 0 Å². The van der Waals surface area contributed by atoms with Crippen molar-refractivity contribution in [3.8, 4) is 0 Å². The molecule has 3 aliphatic heterocycles. The summed E-state index contributed by atoms with van der Waals surface area (Å²) in [5.74, 6) is 0.942. The van der Waals surface area contributed by atoms with Crippen molar-refractivity contribution >= 4 is 0 Å². The molecule has 3 fully saturated rings. The minimum absolute atomic E-state index is 0.710. The summed E-state index contributed by atoms with van der Waals surface area (Å²) in [5.41, 5.74) is 0.710. The molecule has 0 aliphatic carbocycles. The average Bonchev–Trinajstić information content (AvgIpc) is 2.25. The highest BCUT2D eigenvalue weighted by molar-refractivity contribution is 5.05. The van der Waals surface area contributed by atoms with Gasteiger partial charge in [0, 0.05) is 44.7 Å². The monoisotopic (exact) mass is 265 g/mol. The molecule has 3 heteroatoms. The lowest BCUT2D eigenvalue weighted by atomic mass is 9.73. The number of likely N-dealkylation sites (tertiary alicyclic amines) is 3. The zero-order valence-electron chi connectivity index (χ0n) is 12.9. The molecule has 0 aromatic rings. The second-order valence-electron chi connectivity index (χ2n) is 7.54. The molecular weight excluding hydrogens is 234 g/mol. The van der Waals surface area contributed by atoms with Gasteiger partial charge >= 0.3 is 0 Å². The number of hydrogen-bond donors (Lipinski definition) is 0. The summed E-state index contributed by atoms with van der Waals surface area (Å²) in [6, 6.07) is 0. The Kier molecular flexibility index (Phi) is 4.16. The van der Waals surface area contributed by atoms with Crippen LogP contribution < -0.4 is 0 Å². The van der Waals surface area contributed by atoms with Gasteiger partial charge in [-0.2, -0.15) is 0 Å². The molecule has 110 valence electrons. The Balaban J connectivity index is 1.24. The number of nitrogens with zero attached hydrogens (tertiary/aromatic N) is 3. The molecule has 3 saturated heterocycles. The molecule has 0 amide bonds. The van der Waals surface area contributed by atoms with Crippen molar-refractivity contribution in [2.75, 3.05) is 52.5 Å². The highest BCUT2D eigenvalue weighted by atomic mass is 15.4. The van der Waals surface area contributed by atoms with Crippen molar-refractivity contribution in [2.45, 2.75) is 39.5 Å². The Morgan fingerprint density at radius 2 is 1.58 bits per heavy atom. The van der Waals surface area contributed by atoms with Gasteiger partial charge in [-0.15, -0.1) is 0 Å². The lowest BCUT2D eigenvalue weighted by Gasteiger charge is -2.61. The average molecular weight is 265 g/mol. The van der Waals surface area contributed by atoms with E-state index in [0.29, 0.717) is 5.41 Å². The van der Waals surface area contributed by atoms with Crippen molar-refractivity contribution in [1.29, 1.82) is 0 Å². The first-order valence-electron chi connectivity index (χ1n) is 8.36. The molecule has 0 saturated carbocycles. The van der Waals surface area contributed by atoms with Gasteiger partial charge in [0.05, 0.1) is 6.67 Å². The molecule has 0 atom stereocenters. The number of hydrogen-bond acceptors (Lipinski definition) is 3. The zero-order valence-corrected chi connectivity index (χ0v) is 12.9. The van der Waals surface area contributed by atoms with Crippen LogP contribution >= 0.6 is 0 Å². The normalized spacial score (nSPS) is 28.1. The third-order valence-corrected chi connectivity index (χ3v) is 5.10. The van der Waals surface area contributed by atoms with Gasteiger partial charge in [-0.25, -0.2) is 0 Å². The Morgan fingerprint density at radius 3 is 2.21 bits per heavy atom. The lowest BCUT2D eigenvalue weighted by molar-refractivity contribution is -0.137. The maximum atomic E-state index is 2.68. The van der Waals surface area contributed by atoms with E-state index in [1.807, 2.05) is 0 Å². The number of rotatable bonds is 7. The van der Waals surface area contributed by atoms with E-state index < -0.39 is 0 Å². The fourth-order valence-electron chi connectivity index (χ4n) is 4.25. The van der Waals surface area contributed by atoms with Crippen molar-refractivity contribution in [3.05, 3.63) is 0 Å². The van der Waals surface area contributed by atoms with E-state index in [2.05, 4.69) is 28.5 Å². The van der Waals surface area contributed by atoms with Crippen LogP contribution in [-0.2, 0) is 0 Å². The van der Waals surface area contributed by atoms with Crippen LogP contribution in [0.5, 0.6) is 0 Å². The molecule has 19 heavy (non-hydrogen) atoms. The molecule has 0 N–H and O–H groups in total. The highest BCUT2D eigenvalue weighted by Crippen LogP contribution is 2.39. The minimum Gasteiger partial charge on any atom is -0.302 e. The van der Waals surface area contributed by atoms with Crippen LogP contribution in [0, 0.1) is 11.3 Å². The largest absolute Gasteiger partial charge is 0.302 e. The van der Waals surface area contributed by atoms with Crippen LogP contribution in [-0.4, -0.2) is 67.2 Å². The van der Waals surface area contributed by atoms with E-state index in [4.69, 9.17) is 0 Å². The van der Waals surface area contributed by atoms with Crippen LogP contribution in [0.4, 0.5) is 0 Å². The van der Waals surface area contributed by atoms with Crippen molar-refractivity contribution < 1.29 is 0 Å². The van der Waals surface area contributed by atoms with Gasteiger partial charge in [-0.05, 0) is 18.9 Å². The van der Waals surface area contributed by atoms with Gasteiger partial charge in [-0.1, -0.05) is 33.1 Å². The number of unbranched alkanes of at least 4 members (excludes halogenated alkanes) is 3. The van der Waals surface area contributed by atoms with Crippen molar-refractivity contribution in [1.82, 2.24) is 14.7 Å². The Labute approximate surface area is 118 Å². The first kappa shape index (κ1) is 13.8. The molecule has 0 unspecified atom stereocenters. The van der Waals surface area contributed by atoms with E-state index in [1.54, 1.807) is 0 Å². The molecule has 0 aromatic carbocycles. The predicted molar refractivity (Wildman–Crippen MR) is 80.2 cm³/mol. The molecule has 3 heterocycles. The molecule has 0 bridgehead atoms. The fourth-order valence-corrected chi connectivity index (χ4v) is 4.25. The van der Waals surface area contributed by atoms with E-state index in [-0.39, 0.29) is 0 Å². The van der Waals surface area contributed by atoms with Gasteiger partial charge < -0.3 is 4.90 Å². The third-order valence-electron chi connectivity index (χ3n) is 5.10. The topological polar surface area (TPSA) is 9.72 Å². The Hall–Kier alpha value is -0.120. The summed E-state index contributed by atoms with van der Waals surface area (Å²) in [7, 11) is 0. The maximum Gasteiger partial charge on any atom is 0.0506 e. The SMILES string of the molecule is CCCCCCN1CC2(C1)CN(CN1CC(C)C1)C2. The van der Waals surface area contributed by atoms with Crippen LogP contribution in [0.15, 0.2) is 0 Å². The van der Waals surface area contributed by atoms with E-state index in [9.17, 15) is 0 Å². The molecule has 1 spiro atoms. The standard InChI is InChI=1S/C16H31N3/c1-3-4-5-6-7-17-10-16(11-17)12-19(13-16)14-18-8-15(2)9-18/h15H,3-14H2,1-2H3. The molecule has 0 radical (unpaired) electrons. The summed E-state index contributed by atoms with van der Waals surface area (Å²) < 4.78 is 0.